The molecule has 0 rings (SSSR count). The predicted molar refractivity (Wildman–Crippen MR) is 42.2 cm³/mol. The van der Waals surface area contributed by atoms with Gasteiger partial charge in [0.05, 0.1) is 0 Å². The largest absolute Gasteiger partial charge is 0.313 e. The number of hydrogen-bond donors (Lipinski definition) is 0. The van der Waals surface area contributed by atoms with E-state index in [9.17, 15) is 0 Å². The van der Waals surface area contributed by atoms with Gasteiger partial charge in [0.15, 0.2) is 0 Å². The molecule has 0 N–H and O–H groups in total. The van der Waals surface area contributed by atoms with Crippen LogP contribution in [0.5, 0.6) is 0 Å². The van der Waals surface area contributed by atoms with E-state index in [1.54, 1.807) is 0 Å². The summed E-state index contributed by atoms with van der Waals surface area (Å²) in [5.74, 6) is 0. The summed E-state index contributed by atoms with van der Waals surface area (Å²) in [6.45, 7) is 4.63. The van der Waals surface area contributed by atoms with Gasteiger partial charge in [-0.05, 0) is 20.3 Å². The van der Waals surface area contributed by atoms with E-state index in [-0.39, 0.29) is 9.52 Å². The molecule has 0 aromatic carbocycles. The first-order valence-electron chi connectivity index (χ1n) is 3.27. The van der Waals surface area contributed by atoms with Crippen LogP contribution in [0.1, 0.15) is 13.8 Å². The van der Waals surface area contributed by atoms with Crippen molar-refractivity contribution in [2.75, 3.05) is 20.3 Å². The van der Waals surface area contributed by atoms with Crippen molar-refractivity contribution < 1.29 is 0 Å². The van der Waals surface area contributed by atoms with Gasteiger partial charge in [0.1, 0.15) is 0 Å². The zero-order valence-corrected chi connectivity index (χ0v) is 7.85. The van der Waals surface area contributed by atoms with E-state index in [0.29, 0.717) is 0 Å². The highest BCUT2D eigenvalue weighted by Crippen LogP contribution is 1.95. The van der Waals surface area contributed by atoms with Crippen molar-refractivity contribution in [2.24, 2.45) is 0 Å². The zero-order valence-electron chi connectivity index (χ0n) is 6.44. The van der Waals surface area contributed by atoms with Crippen molar-refractivity contribution in [1.29, 1.82) is 0 Å². The molecular formula is C6H17NSi. The van der Waals surface area contributed by atoms with E-state index in [1.165, 1.54) is 6.17 Å². The molecule has 0 saturated carbocycles. The highest BCUT2D eigenvalue weighted by molar-refractivity contribution is 6.37. The molecule has 0 aliphatic rings. The summed E-state index contributed by atoms with van der Waals surface area (Å²) in [5.41, 5.74) is 0.984. The van der Waals surface area contributed by atoms with Gasteiger partial charge in [-0.3, -0.25) is 0 Å². The average molecular weight is 131 g/mol. The Hall–Kier alpha value is 0.177. The lowest BCUT2D eigenvalue weighted by molar-refractivity contribution is 0.475. The van der Waals surface area contributed by atoms with E-state index >= 15 is 0 Å². The molecule has 0 aliphatic carbocycles. The highest BCUT2D eigenvalue weighted by atomic mass is 28.2. The second kappa shape index (κ2) is 4.10. The molecule has 0 aromatic rings. The Bertz CT molecular complexity index is 44.5. The van der Waals surface area contributed by atoms with Crippen LogP contribution in [0.25, 0.3) is 0 Å². The van der Waals surface area contributed by atoms with E-state index < -0.39 is 0 Å². The normalized spacial score (nSPS) is 12.8. The van der Waals surface area contributed by atoms with Crippen LogP contribution in [0.4, 0.5) is 0 Å². The molecule has 0 unspecified atom stereocenters. The Kier molecular flexibility index (Phi) is 4.19. The molecular weight excluding hydrogens is 114 g/mol. The third kappa shape index (κ3) is 6.18. The minimum Gasteiger partial charge on any atom is -0.313 e. The molecule has 0 amide bonds. The average Bonchev–Trinajstić information content (AvgIpc) is 1.61. The van der Waals surface area contributed by atoms with Gasteiger partial charge in [0, 0.05) is 9.52 Å². The van der Waals surface area contributed by atoms with Crippen molar-refractivity contribution in [3.8, 4) is 0 Å². The van der Waals surface area contributed by atoms with Gasteiger partial charge in [-0.1, -0.05) is 19.4 Å². The summed E-state index contributed by atoms with van der Waals surface area (Å²) >= 11 is 0. The molecule has 0 saturated heterocycles. The smallest absolute Gasteiger partial charge is 0.0394 e. The number of rotatable bonds is 3. The van der Waals surface area contributed by atoms with Crippen LogP contribution in [0.15, 0.2) is 0 Å². The fourth-order valence-electron chi connectivity index (χ4n) is 0.516. The molecule has 0 bridgehead atoms. The highest BCUT2D eigenvalue weighted by Gasteiger charge is 1.94. The molecule has 0 heterocycles. The first-order valence-corrected chi connectivity index (χ1v) is 5.09. The third-order valence-electron chi connectivity index (χ3n) is 1.15. The van der Waals surface area contributed by atoms with Crippen LogP contribution in [0, 0.1) is 0 Å². The van der Waals surface area contributed by atoms with Crippen molar-refractivity contribution in [3.63, 3.8) is 0 Å². The standard InChI is InChI=1S/C6H17NSi/c1-6(2)8-5-7(3)4/h6H,5,8H2,1-4H3. The monoisotopic (exact) mass is 131 g/mol. The van der Waals surface area contributed by atoms with Gasteiger partial charge in [-0.2, -0.15) is 0 Å². The second-order valence-electron chi connectivity index (χ2n) is 2.99. The number of hydrogen-bond acceptors (Lipinski definition) is 1. The Morgan fingerprint density at radius 1 is 1.38 bits per heavy atom. The topological polar surface area (TPSA) is 3.24 Å². The summed E-state index contributed by atoms with van der Waals surface area (Å²) in [6, 6.07) is 0. The quantitative estimate of drug-likeness (QED) is 0.504. The molecule has 50 valence electrons. The Labute approximate surface area is 54.9 Å². The molecule has 1 nitrogen and oxygen atoms in total. The Morgan fingerprint density at radius 3 is 2.00 bits per heavy atom. The Morgan fingerprint density at radius 2 is 1.88 bits per heavy atom. The molecule has 0 spiro atoms. The van der Waals surface area contributed by atoms with Gasteiger partial charge in [-0.25, -0.2) is 0 Å². The van der Waals surface area contributed by atoms with Crippen LogP contribution in [0.2, 0.25) is 5.54 Å². The number of nitrogens with zero attached hydrogens (tertiary/aromatic N) is 1. The van der Waals surface area contributed by atoms with Crippen LogP contribution < -0.4 is 0 Å². The summed E-state index contributed by atoms with van der Waals surface area (Å²) in [4.78, 5) is 2.28. The first kappa shape index (κ1) is 8.18. The fourth-order valence-corrected chi connectivity index (χ4v) is 1.55. The van der Waals surface area contributed by atoms with E-state index in [1.807, 2.05) is 0 Å². The van der Waals surface area contributed by atoms with Crippen molar-refractivity contribution in [3.05, 3.63) is 0 Å². The molecule has 0 aliphatic heterocycles. The van der Waals surface area contributed by atoms with Crippen molar-refractivity contribution in [1.82, 2.24) is 4.90 Å². The third-order valence-corrected chi connectivity index (χ3v) is 3.46. The van der Waals surface area contributed by atoms with Gasteiger partial charge >= 0.3 is 0 Å². The van der Waals surface area contributed by atoms with Crippen molar-refractivity contribution >= 4 is 9.52 Å². The van der Waals surface area contributed by atoms with E-state index in [0.717, 1.165) is 5.54 Å². The Balaban J connectivity index is 2.93. The van der Waals surface area contributed by atoms with Crippen molar-refractivity contribution in [2.45, 2.75) is 19.4 Å². The summed E-state index contributed by atoms with van der Waals surface area (Å²) in [7, 11) is 4.52. The SMILES string of the molecule is CC(C)[SiH2]CN(C)C. The lowest BCUT2D eigenvalue weighted by atomic mass is 10.6. The summed E-state index contributed by atoms with van der Waals surface area (Å²) in [5, 5.41) is 0. The molecule has 0 aromatic heterocycles. The minimum absolute atomic E-state index is 0.225. The predicted octanol–water partition coefficient (Wildman–Crippen LogP) is 0.503. The maximum atomic E-state index is 2.32. The van der Waals surface area contributed by atoms with Gasteiger partial charge in [0.2, 0.25) is 0 Å². The van der Waals surface area contributed by atoms with Gasteiger partial charge in [0.25, 0.3) is 0 Å². The van der Waals surface area contributed by atoms with Gasteiger partial charge in [-0.15, -0.1) is 0 Å². The molecule has 0 radical (unpaired) electrons. The molecule has 2 heteroatoms. The molecule has 0 fully saturated rings. The maximum Gasteiger partial charge on any atom is 0.0394 e. The van der Waals surface area contributed by atoms with E-state index in [2.05, 4.69) is 32.8 Å². The zero-order chi connectivity index (χ0) is 6.57. The van der Waals surface area contributed by atoms with Gasteiger partial charge < -0.3 is 4.90 Å². The van der Waals surface area contributed by atoms with Crippen LogP contribution in [-0.2, 0) is 0 Å². The second-order valence-corrected chi connectivity index (χ2v) is 5.64. The maximum absolute atomic E-state index is 2.32. The first-order chi connectivity index (χ1) is 3.63. The summed E-state index contributed by atoms with van der Waals surface area (Å²) < 4.78 is 0. The fraction of sp³-hybridized carbons (Fsp3) is 1.00. The summed E-state index contributed by atoms with van der Waals surface area (Å²) in [6.07, 6.45) is 1.36. The van der Waals surface area contributed by atoms with Crippen LogP contribution in [0.3, 0.4) is 0 Å². The molecule has 8 heavy (non-hydrogen) atoms. The van der Waals surface area contributed by atoms with Crippen LogP contribution in [-0.4, -0.2) is 34.7 Å². The lowest BCUT2D eigenvalue weighted by Crippen LogP contribution is -2.20. The lowest BCUT2D eigenvalue weighted by Gasteiger charge is -2.09. The minimum atomic E-state index is 0.225. The molecule has 0 atom stereocenters. The van der Waals surface area contributed by atoms with Crippen LogP contribution >= 0.6 is 0 Å². The van der Waals surface area contributed by atoms with E-state index in [4.69, 9.17) is 0 Å².